The highest BCUT2D eigenvalue weighted by atomic mass is 16.3. The molecule has 2 aliphatic rings. The number of aliphatic hydroxyl groups is 1. The third-order valence-electron chi connectivity index (χ3n) is 4.18. The van der Waals surface area contributed by atoms with E-state index in [2.05, 4.69) is 0 Å². The second-order valence-electron chi connectivity index (χ2n) is 5.48. The summed E-state index contributed by atoms with van der Waals surface area (Å²) < 4.78 is 0. The number of aldehydes is 1. The van der Waals surface area contributed by atoms with E-state index in [0.717, 1.165) is 17.7 Å². The standard InChI is InChI=1S/C15H16N2O4/c1-10(19)16-6-4-11-8-12(2-3-13(11)16)17-7-5-15(21,9-18)14(17)20/h2-3,8-9,21H,4-7H2,1H3. The molecule has 21 heavy (non-hydrogen) atoms. The van der Waals surface area contributed by atoms with Crippen molar-refractivity contribution < 1.29 is 19.5 Å². The van der Waals surface area contributed by atoms with Crippen molar-refractivity contribution in [2.75, 3.05) is 22.9 Å². The van der Waals surface area contributed by atoms with E-state index < -0.39 is 11.5 Å². The van der Waals surface area contributed by atoms with Crippen LogP contribution < -0.4 is 9.80 Å². The third-order valence-corrected chi connectivity index (χ3v) is 4.18. The number of rotatable bonds is 2. The van der Waals surface area contributed by atoms with Crippen LogP contribution in [0.2, 0.25) is 0 Å². The lowest BCUT2D eigenvalue weighted by molar-refractivity contribution is -0.140. The van der Waals surface area contributed by atoms with Crippen LogP contribution >= 0.6 is 0 Å². The molecule has 1 N–H and O–H groups in total. The molecule has 0 radical (unpaired) electrons. The van der Waals surface area contributed by atoms with Crippen molar-refractivity contribution in [1.29, 1.82) is 0 Å². The van der Waals surface area contributed by atoms with Crippen LogP contribution in [0.1, 0.15) is 18.9 Å². The van der Waals surface area contributed by atoms with Crippen molar-refractivity contribution in [3.63, 3.8) is 0 Å². The SMILES string of the molecule is CC(=O)N1CCc2cc(N3CCC(O)(C=O)C3=O)ccc21. The van der Waals surface area contributed by atoms with Crippen molar-refractivity contribution in [2.24, 2.45) is 0 Å². The van der Waals surface area contributed by atoms with E-state index in [1.165, 1.54) is 11.8 Å². The summed E-state index contributed by atoms with van der Waals surface area (Å²) in [6.45, 7) is 2.47. The zero-order valence-electron chi connectivity index (χ0n) is 11.7. The molecule has 6 nitrogen and oxygen atoms in total. The van der Waals surface area contributed by atoms with Gasteiger partial charge in [-0.1, -0.05) is 0 Å². The van der Waals surface area contributed by atoms with Crippen LogP contribution in [0.3, 0.4) is 0 Å². The van der Waals surface area contributed by atoms with Crippen molar-refractivity contribution >= 4 is 29.5 Å². The molecule has 2 heterocycles. The molecule has 0 aromatic heterocycles. The maximum absolute atomic E-state index is 12.1. The summed E-state index contributed by atoms with van der Waals surface area (Å²) in [5.74, 6) is -0.590. The Bertz CT molecular complexity index is 643. The molecule has 1 atom stereocenters. The lowest BCUT2D eigenvalue weighted by Crippen LogP contribution is -2.41. The zero-order chi connectivity index (χ0) is 15.2. The van der Waals surface area contributed by atoms with Gasteiger partial charge in [-0.05, 0) is 30.2 Å². The van der Waals surface area contributed by atoms with E-state index in [1.807, 2.05) is 12.1 Å². The number of nitrogens with zero attached hydrogens (tertiary/aromatic N) is 2. The van der Waals surface area contributed by atoms with E-state index in [4.69, 9.17) is 0 Å². The molecule has 0 aliphatic carbocycles. The molecule has 2 aliphatic heterocycles. The molecular formula is C15H16N2O4. The quantitative estimate of drug-likeness (QED) is 0.625. The molecule has 6 heteroatoms. The molecule has 1 unspecified atom stereocenters. The Labute approximate surface area is 122 Å². The third kappa shape index (κ3) is 2.03. The van der Waals surface area contributed by atoms with Gasteiger partial charge in [-0.25, -0.2) is 0 Å². The lowest BCUT2D eigenvalue weighted by atomic mass is 10.1. The fraction of sp³-hybridized carbons (Fsp3) is 0.400. The number of hydrogen-bond acceptors (Lipinski definition) is 4. The summed E-state index contributed by atoms with van der Waals surface area (Å²) >= 11 is 0. The number of fused-ring (bicyclic) bond motifs is 1. The Balaban J connectivity index is 1.91. The Kier molecular flexibility index (Phi) is 3.06. The first kappa shape index (κ1) is 13.8. The van der Waals surface area contributed by atoms with Gasteiger partial charge in [0.05, 0.1) is 0 Å². The van der Waals surface area contributed by atoms with Gasteiger partial charge in [-0.2, -0.15) is 0 Å². The Hall–Kier alpha value is -2.21. The predicted octanol–water partition coefficient (Wildman–Crippen LogP) is 0.262. The first-order chi connectivity index (χ1) is 9.96. The van der Waals surface area contributed by atoms with Gasteiger partial charge in [0.25, 0.3) is 5.91 Å². The molecule has 0 spiro atoms. The molecule has 0 saturated carbocycles. The average Bonchev–Trinajstić information content (AvgIpc) is 3.01. The highest BCUT2D eigenvalue weighted by molar-refractivity contribution is 6.11. The lowest BCUT2D eigenvalue weighted by Gasteiger charge is -2.20. The molecule has 3 rings (SSSR count). The van der Waals surface area contributed by atoms with Crippen LogP contribution in [0.15, 0.2) is 18.2 Å². The van der Waals surface area contributed by atoms with Crippen molar-refractivity contribution in [1.82, 2.24) is 0 Å². The summed E-state index contributed by atoms with van der Waals surface area (Å²) in [5.41, 5.74) is 0.618. The number of carbonyl (C=O) groups excluding carboxylic acids is 3. The second kappa shape index (κ2) is 4.66. The molecule has 1 fully saturated rings. The first-order valence-corrected chi connectivity index (χ1v) is 6.88. The van der Waals surface area contributed by atoms with Crippen LogP contribution in [0.25, 0.3) is 0 Å². The van der Waals surface area contributed by atoms with Crippen LogP contribution in [-0.2, 0) is 20.8 Å². The van der Waals surface area contributed by atoms with Gasteiger partial charge in [-0.3, -0.25) is 14.4 Å². The van der Waals surface area contributed by atoms with Gasteiger partial charge in [0, 0.05) is 37.8 Å². The van der Waals surface area contributed by atoms with E-state index in [9.17, 15) is 19.5 Å². The monoisotopic (exact) mass is 288 g/mol. The van der Waals surface area contributed by atoms with Gasteiger partial charge >= 0.3 is 0 Å². The summed E-state index contributed by atoms with van der Waals surface area (Å²) in [6, 6.07) is 5.41. The molecule has 0 bridgehead atoms. The number of benzene rings is 1. The highest BCUT2D eigenvalue weighted by Gasteiger charge is 2.45. The number of amides is 2. The molecule has 1 aromatic carbocycles. The summed E-state index contributed by atoms with van der Waals surface area (Å²) in [4.78, 5) is 37.6. The van der Waals surface area contributed by atoms with Crippen LogP contribution in [0, 0.1) is 0 Å². The first-order valence-electron chi connectivity index (χ1n) is 6.88. The van der Waals surface area contributed by atoms with Crippen LogP contribution in [0.5, 0.6) is 0 Å². The normalized spacial score (nSPS) is 24.4. The minimum atomic E-state index is -1.90. The maximum Gasteiger partial charge on any atom is 0.266 e. The largest absolute Gasteiger partial charge is 0.373 e. The summed E-state index contributed by atoms with van der Waals surface area (Å²) in [7, 11) is 0. The van der Waals surface area contributed by atoms with E-state index in [-0.39, 0.29) is 12.3 Å². The van der Waals surface area contributed by atoms with Crippen molar-refractivity contribution in [2.45, 2.75) is 25.4 Å². The Morgan fingerprint density at radius 1 is 1.38 bits per heavy atom. The number of carbonyl (C=O) groups is 3. The van der Waals surface area contributed by atoms with Gasteiger partial charge in [0.1, 0.15) is 0 Å². The highest BCUT2D eigenvalue weighted by Crippen LogP contribution is 2.34. The molecule has 1 saturated heterocycles. The number of anilines is 2. The Morgan fingerprint density at radius 3 is 2.76 bits per heavy atom. The van der Waals surface area contributed by atoms with E-state index in [0.29, 0.717) is 25.1 Å². The molecule has 2 amide bonds. The fourth-order valence-corrected chi connectivity index (χ4v) is 2.96. The topological polar surface area (TPSA) is 77.9 Å². The van der Waals surface area contributed by atoms with Gasteiger partial charge in [-0.15, -0.1) is 0 Å². The van der Waals surface area contributed by atoms with Crippen LogP contribution in [-0.4, -0.2) is 41.9 Å². The molecule has 110 valence electrons. The van der Waals surface area contributed by atoms with Crippen molar-refractivity contribution in [3.05, 3.63) is 23.8 Å². The fourth-order valence-electron chi connectivity index (χ4n) is 2.96. The zero-order valence-corrected chi connectivity index (χ0v) is 11.7. The van der Waals surface area contributed by atoms with E-state index in [1.54, 1.807) is 11.0 Å². The smallest absolute Gasteiger partial charge is 0.266 e. The Morgan fingerprint density at radius 2 is 2.14 bits per heavy atom. The predicted molar refractivity (Wildman–Crippen MR) is 76.2 cm³/mol. The van der Waals surface area contributed by atoms with Crippen LogP contribution in [0.4, 0.5) is 11.4 Å². The maximum atomic E-state index is 12.1. The van der Waals surface area contributed by atoms with Gasteiger partial charge in [0.2, 0.25) is 11.5 Å². The molecular weight excluding hydrogens is 272 g/mol. The minimum Gasteiger partial charge on any atom is -0.373 e. The van der Waals surface area contributed by atoms with Crippen molar-refractivity contribution in [3.8, 4) is 0 Å². The summed E-state index contributed by atoms with van der Waals surface area (Å²) in [5, 5.41) is 9.90. The molecule has 1 aromatic rings. The summed E-state index contributed by atoms with van der Waals surface area (Å²) in [6.07, 6.45) is 1.15. The minimum absolute atomic E-state index is 0.00548. The second-order valence-corrected chi connectivity index (χ2v) is 5.48. The van der Waals surface area contributed by atoms with E-state index >= 15 is 0 Å². The number of hydrogen-bond donors (Lipinski definition) is 1. The van der Waals surface area contributed by atoms with Gasteiger partial charge < -0.3 is 14.9 Å². The van der Waals surface area contributed by atoms with Gasteiger partial charge in [0.15, 0.2) is 6.29 Å². The average molecular weight is 288 g/mol.